The minimum Gasteiger partial charge on any atom is -0.481 e. The molecule has 1 saturated heterocycles. The Hall–Kier alpha value is -3.09. The van der Waals surface area contributed by atoms with Gasteiger partial charge >= 0.3 is 6.09 Å². The standard InChI is InChI=1S/C17H15FN2O4/c18-14-3-1-2-4-15(14)24-11-16(21)19-12-5-7-13(8-6-12)20-9-10-23-17(20)22/h1-8H,9-11H2,(H,19,21). The van der Waals surface area contributed by atoms with E-state index < -0.39 is 11.7 Å². The second kappa shape index (κ2) is 6.99. The smallest absolute Gasteiger partial charge is 0.414 e. The lowest BCUT2D eigenvalue weighted by atomic mass is 10.2. The van der Waals surface area contributed by atoms with Gasteiger partial charge in [0.2, 0.25) is 0 Å². The van der Waals surface area contributed by atoms with Gasteiger partial charge in [0.05, 0.1) is 6.54 Å². The van der Waals surface area contributed by atoms with Crippen LogP contribution in [-0.4, -0.2) is 31.8 Å². The van der Waals surface area contributed by atoms with E-state index in [9.17, 15) is 14.0 Å². The highest BCUT2D eigenvalue weighted by Gasteiger charge is 2.23. The summed E-state index contributed by atoms with van der Waals surface area (Å²) in [5.41, 5.74) is 1.24. The Balaban J connectivity index is 1.55. The van der Waals surface area contributed by atoms with Crippen LogP contribution < -0.4 is 15.0 Å². The molecule has 0 aromatic heterocycles. The van der Waals surface area contributed by atoms with E-state index >= 15 is 0 Å². The zero-order valence-corrected chi connectivity index (χ0v) is 12.7. The molecule has 2 amide bonds. The Bertz CT molecular complexity index is 749. The molecule has 24 heavy (non-hydrogen) atoms. The summed E-state index contributed by atoms with van der Waals surface area (Å²) in [6.07, 6.45) is -0.384. The number of hydrogen-bond donors (Lipinski definition) is 1. The lowest BCUT2D eigenvalue weighted by molar-refractivity contribution is -0.118. The van der Waals surface area contributed by atoms with Crippen LogP contribution in [0.25, 0.3) is 0 Å². The van der Waals surface area contributed by atoms with Gasteiger partial charge in [0.25, 0.3) is 5.91 Å². The summed E-state index contributed by atoms with van der Waals surface area (Å²) >= 11 is 0. The van der Waals surface area contributed by atoms with Gasteiger partial charge in [-0.2, -0.15) is 0 Å². The summed E-state index contributed by atoms with van der Waals surface area (Å²) in [6.45, 7) is 0.562. The molecule has 0 atom stereocenters. The Kier molecular flexibility index (Phi) is 4.60. The molecule has 7 heteroatoms. The quantitative estimate of drug-likeness (QED) is 0.915. The zero-order valence-electron chi connectivity index (χ0n) is 12.7. The number of para-hydroxylation sites is 1. The average molecular weight is 330 g/mol. The van der Waals surface area contributed by atoms with Crippen molar-refractivity contribution in [2.75, 3.05) is 30.0 Å². The molecule has 0 unspecified atom stereocenters. The van der Waals surface area contributed by atoms with Gasteiger partial charge in [0.15, 0.2) is 18.2 Å². The van der Waals surface area contributed by atoms with Gasteiger partial charge in [0.1, 0.15) is 6.61 Å². The molecule has 2 aromatic rings. The Morgan fingerprint density at radius 3 is 2.62 bits per heavy atom. The number of anilines is 2. The second-order valence-electron chi connectivity index (χ2n) is 5.08. The van der Waals surface area contributed by atoms with Crippen molar-refractivity contribution in [2.24, 2.45) is 0 Å². The van der Waals surface area contributed by atoms with Gasteiger partial charge in [-0.25, -0.2) is 9.18 Å². The fraction of sp³-hybridized carbons (Fsp3) is 0.176. The fourth-order valence-corrected chi connectivity index (χ4v) is 2.25. The maximum atomic E-state index is 13.4. The number of nitrogens with zero attached hydrogens (tertiary/aromatic N) is 1. The largest absolute Gasteiger partial charge is 0.481 e. The van der Waals surface area contributed by atoms with Crippen molar-refractivity contribution >= 4 is 23.4 Å². The van der Waals surface area contributed by atoms with Crippen molar-refractivity contribution in [3.05, 3.63) is 54.3 Å². The molecule has 0 radical (unpaired) electrons. The second-order valence-corrected chi connectivity index (χ2v) is 5.08. The van der Waals surface area contributed by atoms with Crippen LogP contribution in [0.5, 0.6) is 5.75 Å². The summed E-state index contributed by atoms with van der Waals surface area (Å²) in [5.74, 6) is -0.908. The number of halogens is 1. The molecule has 1 fully saturated rings. The van der Waals surface area contributed by atoms with Crippen LogP contribution in [0.4, 0.5) is 20.6 Å². The molecular formula is C17H15FN2O4. The number of nitrogens with one attached hydrogen (secondary N) is 1. The van der Waals surface area contributed by atoms with Crippen LogP contribution in [-0.2, 0) is 9.53 Å². The molecule has 2 aromatic carbocycles. The third-order valence-electron chi connectivity index (χ3n) is 3.42. The molecular weight excluding hydrogens is 315 g/mol. The SMILES string of the molecule is O=C(COc1ccccc1F)Nc1ccc(N2CCOC2=O)cc1. The molecule has 1 aliphatic heterocycles. The molecule has 0 spiro atoms. The predicted octanol–water partition coefficient (Wildman–Crippen LogP) is 2.80. The Labute approximate surface area is 137 Å². The Morgan fingerprint density at radius 1 is 1.21 bits per heavy atom. The molecule has 0 saturated carbocycles. The van der Waals surface area contributed by atoms with Gasteiger partial charge in [-0.1, -0.05) is 12.1 Å². The van der Waals surface area contributed by atoms with Crippen molar-refractivity contribution in [3.63, 3.8) is 0 Å². The van der Waals surface area contributed by atoms with Gasteiger partial charge in [-0.05, 0) is 36.4 Å². The van der Waals surface area contributed by atoms with Crippen LogP contribution in [0.2, 0.25) is 0 Å². The summed E-state index contributed by atoms with van der Waals surface area (Å²) < 4.78 is 23.4. The molecule has 124 valence electrons. The Morgan fingerprint density at radius 2 is 1.96 bits per heavy atom. The monoisotopic (exact) mass is 330 g/mol. The average Bonchev–Trinajstić information content (AvgIpc) is 3.01. The predicted molar refractivity (Wildman–Crippen MR) is 85.7 cm³/mol. The van der Waals surface area contributed by atoms with E-state index in [4.69, 9.17) is 9.47 Å². The fourth-order valence-electron chi connectivity index (χ4n) is 2.25. The van der Waals surface area contributed by atoms with Crippen LogP contribution in [0, 0.1) is 5.82 Å². The van der Waals surface area contributed by atoms with E-state index in [1.54, 1.807) is 36.4 Å². The number of rotatable bonds is 5. The van der Waals surface area contributed by atoms with E-state index in [-0.39, 0.29) is 18.4 Å². The number of hydrogen-bond acceptors (Lipinski definition) is 4. The third kappa shape index (κ3) is 3.62. The third-order valence-corrected chi connectivity index (χ3v) is 3.42. The topological polar surface area (TPSA) is 67.9 Å². The lowest BCUT2D eigenvalue weighted by Gasteiger charge is -2.13. The number of amides is 2. The van der Waals surface area contributed by atoms with E-state index in [0.717, 1.165) is 0 Å². The van der Waals surface area contributed by atoms with E-state index in [1.165, 1.54) is 17.0 Å². The number of benzene rings is 2. The minimum absolute atomic E-state index is 0.0237. The van der Waals surface area contributed by atoms with Crippen molar-refractivity contribution in [3.8, 4) is 5.75 Å². The van der Waals surface area contributed by atoms with E-state index in [1.807, 2.05) is 0 Å². The van der Waals surface area contributed by atoms with Crippen LogP contribution >= 0.6 is 0 Å². The van der Waals surface area contributed by atoms with E-state index in [2.05, 4.69) is 5.32 Å². The first kappa shape index (κ1) is 15.8. The number of carbonyl (C=O) groups is 2. The highest BCUT2D eigenvalue weighted by atomic mass is 19.1. The van der Waals surface area contributed by atoms with Crippen molar-refractivity contribution in [1.29, 1.82) is 0 Å². The number of cyclic esters (lactones) is 1. The van der Waals surface area contributed by atoms with Gasteiger partial charge in [0, 0.05) is 11.4 Å². The first-order chi connectivity index (χ1) is 11.6. The summed E-state index contributed by atoms with van der Waals surface area (Å²) in [6, 6.07) is 12.6. The first-order valence-corrected chi connectivity index (χ1v) is 7.35. The van der Waals surface area contributed by atoms with Crippen LogP contribution in [0.3, 0.4) is 0 Å². The van der Waals surface area contributed by atoms with Gasteiger partial charge in [-0.3, -0.25) is 9.69 Å². The molecule has 6 nitrogen and oxygen atoms in total. The summed E-state index contributed by atoms with van der Waals surface area (Å²) in [7, 11) is 0. The highest BCUT2D eigenvalue weighted by molar-refractivity contribution is 5.93. The molecule has 3 rings (SSSR count). The molecule has 0 aliphatic carbocycles. The maximum absolute atomic E-state index is 13.4. The number of carbonyl (C=O) groups excluding carboxylic acids is 2. The van der Waals surface area contributed by atoms with Gasteiger partial charge < -0.3 is 14.8 Å². The summed E-state index contributed by atoms with van der Waals surface area (Å²) in [4.78, 5) is 24.8. The molecule has 1 N–H and O–H groups in total. The van der Waals surface area contributed by atoms with Gasteiger partial charge in [-0.15, -0.1) is 0 Å². The lowest BCUT2D eigenvalue weighted by Crippen LogP contribution is -2.23. The summed E-state index contributed by atoms with van der Waals surface area (Å²) in [5, 5.41) is 2.64. The molecule has 0 bridgehead atoms. The first-order valence-electron chi connectivity index (χ1n) is 7.35. The van der Waals surface area contributed by atoms with Crippen LogP contribution in [0.15, 0.2) is 48.5 Å². The maximum Gasteiger partial charge on any atom is 0.414 e. The molecule has 1 aliphatic rings. The van der Waals surface area contributed by atoms with Crippen LogP contribution in [0.1, 0.15) is 0 Å². The highest BCUT2D eigenvalue weighted by Crippen LogP contribution is 2.21. The minimum atomic E-state index is -0.521. The number of ether oxygens (including phenoxy) is 2. The normalized spacial score (nSPS) is 13.5. The van der Waals surface area contributed by atoms with E-state index in [0.29, 0.717) is 24.5 Å². The molecule has 1 heterocycles. The van der Waals surface area contributed by atoms with Crippen molar-refractivity contribution in [1.82, 2.24) is 0 Å². The van der Waals surface area contributed by atoms with Crippen molar-refractivity contribution in [2.45, 2.75) is 0 Å². The van der Waals surface area contributed by atoms with Crippen molar-refractivity contribution < 1.29 is 23.5 Å². The zero-order chi connectivity index (χ0) is 16.9.